The number of thioether (sulfide) groups is 1. The Labute approximate surface area is 112 Å². The Balaban J connectivity index is 2.17. The lowest BCUT2D eigenvalue weighted by atomic mass is 10.1. The number of rotatable bonds is 1. The first kappa shape index (κ1) is 13.0. The van der Waals surface area contributed by atoms with E-state index in [1.54, 1.807) is 0 Å². The topological polar surface area (TPSA) is 29.0 Å². The predicted molar refractivity (Wildman–Crippen MR) is 75.1 cm³/mol. The number of hydrogen-bond acceptors (Lipinski definition) is 4. The number of aryl methyl sites for hydroxylation is 1. The van der Waals surface area contributed by atoms with Crippen LogP contribution < -0.4 is 4.90 Å². The van der Waals surface area contributed by atoms with Gasteiger partial charge in [-0.1, -0.05) is 25.4 Å². The van der Waals surface area contributed by atoms with Crippen molar-refractivity contribution >= 4 is 29.2 Å². The van der Waals surface area contributed by atoms with Crippen molar-refractivity contribution in [2.75, 3.05) is 23.7 Å². The van der Waals surface area contributed by atoms with Crippen LogP contribution in [0, 0.1) is 6.92 Å². The molecule has 1 fully saturated rings. The maximum atomic E-state index is 5.98. The molecule has 0 aliphatic carbocycles. The summed E-state index contributed by atoms with van der Waals surface area (Å²) in [4.78, 5) is 10.9. The second kappa shape index (κ2) is 5.02. The van der Waals surface area contributed by atoms with Gasteiger partial charge >= 0.3 is 0 Å². The van der Waals surface area contributed by atoms with Gasteiger partial charge in [-0.05, 0) is 13.3 Å². The smallest absolute Gasteiger partial charge is 0.134 e. The third-order valence-corrected chi connectivity index (χ3v) is 4.52. The lowest BCUT2D eigenvalue weighted by Crippen LogP contribution is -2.28. The molecule has 3 nitrogen and oxygen atoms in total. The summed E-state index contributed by atoms with van der Waals surface area (Å²) in [5, 5.41) is 0.531. The number of nitrogens with zero attached hydrogens (tertiary/aromatic N) is 3. The number of hydrogen-bond donors (Lipinski definition) is 0. The molecule has 2 rings (SSSR count). The van der Waals surface area contributed by atoms with Crippen LogP contribution in [0.25, 0.3) is 0 Å². The molecule has 2 heterocycles. The lowest BCUT2D eigenvalue weighted by molar-refractivity contribution is 0.634. The number of halogens is 1. The molecule has 0 amide bonds. The maximum absolute atomic E-state index is 5.98. The minimum atomic E-state index is 0.362. The fourth-order valence-electron chi connectivity index (χ4n) is 1.93. The van der Waals surface area contributed by atoms with E-state index in [1.165, 1.54) is 6.42 Å². The highest BCUT2D eigenvalue weighted by Gasteiger charge is 2.24. The number of aromatic nitrogens is 2. The van der Waals surface area contributed by atoms with Crippen molar-refractivity contribution < 1.29 is 0 Å². The van der Waals surface area contributed by atoms with E-state index in [-0.39, 0.29) is 0 Å². The molecule has 1 aliphatic heterocycles. The first-order chi connectivity index (χ1) is 7.96. The predicted octanol–water partition coefficient (Wildman–Crippen LogP) is 3.16. The summed E-state index contributed by atoms with van der Waals surface area (Å²) in [5.41, 5.74) is 0. The molecule has 0 bridgehead atoms. The van der Waals surface area contributed by atoms with Crippen LogP contribution in [0.4, 0.5) is 5.82 Å². The van der Waals surface area contributed by atoms with Gasteiger partial charge < -0.3 is 4.90 Å². The highest BCUT2D eigenvalue weighted by molar-refractivity contribution is 8.00. The van der Waals surface area contributed by atoms with Crippen molar-refractivity contribution in [3.8, 4) is 0 Å². The summed E-state index contributed by atoms with van der Waals surface area (Å²) >= 11 is 8.01. The van der Waals surface area contributed by atoms with Crippen molar-refractivity contribution in [1.29, 1.82) is 0 Å². The van der Waals surface area contributed by atoms with E-state index in [1.807, 2.05) is 24.8 Å². The second-order valence-electron chi connectivity index (χ2n) is 4.94. The highest BCUT2D eigenvalue weighted by atomic mass is 35.5. The molecule has 1 aromatic heterocycles. The van der Waals surface area contributed by atoms with Crippen molar-refractivity contribution in [3.05, 3.63) is 17.0 Å². The molecule has 0 spiro atoms. The zero-order valence-corrected chi connectivity index (χ0v) is 12.1. The van der Waals surface area contributed by atoms with E-state index in [0.717, 1.165) is 30.5 Å². The second-order valence-corrected chi connectivity index (χ2v) is 7.13. The molecule has 1 aromatic rings. The van der Waals surface area contributed by atoms with Gasteiger partial charge in [0, 0.05) is 29.7 Å². The van der Waals surface area contributed by atoms with Gasteiger partial charge in [-0.15, -0.1) is 0 Å². The summed E-state index contributed by atoms with van der Waals surface area (Å²) in [7, 11) is 0. The molecule has 94 valence electrons. The van der Waals surface area contributed by atoms with Gasteiger partial charge in [-0.2, -0.15) is 11.8 Å². The standard InChI is InChI=1S/C12H18ClN3S/c1-9-14-10(13)8-11(15-9)16-5-4-12(2,3)17-7-6-16/h8H,4-7H2,1-3H3. The Kier molecular flexibility index (Phi) is 3.83. The molecule has 17 heavy (non-hydrogen) atoms. The normalized spacial score (nSPS) is 20.1. The third kappa shape index (κ3) is 3.49. The van der Waals surface area contributed by atoms with E-state index in [9.17, 15) is 0 Å². The zero-order valence-electron chi connectivity index (χ0n) is 10.5. The zero-order chi connectivity index (χ0) is 12.5. The lowest BCUT2D eigenvalue weighted by Gasteiger charge is -2.23. The van der Waals surface area contributed by atoms with E-state index in [2.05, 4.69) is 28.7 Å². The molecule has 0 saturated carbocycles. The SMILES string of the molecule is Cc1nc(Cl)cc(N2CCSC(C)(C)CC2)n1. The Morgan fingerprint density at radius 2 is 2.12 bits per heavy atom. The van der Waals surface area contributed by atoms with Crippen molar-refractivity contribution in [2.24, 2.45) is 0 Å². The van der Waals surface area contributed by atoms with E-state index in [4.69, 9.17) is 11.6 Å². The third-order valence-electron chi connectivity index (χ3n) is 2.95. The van der Waals surface area contributed by atoms with Crippen molar-refractivity contribution in [1.82, 2.24) is 9.97 Å². The largest absolute Gasteiger partial charge is 0.356 e. The van der Waals surface area contributed by atoms with Crippen LogP contribution >= 0.6 is 23.4 Å². The molecule has 0 N–H and O–H groups in total. The molecule has 1 aliphatic rings. The Hall–Kier alpha value is -0.480. The van der Waals surface area contributed by atoms with Crippen LogP contribution in [0.3, 0.4) is 0 Å². The summed E-state index contributed by atoms with van der Waals surface area (Å²) < 4.78 is 0.362. The molecule has 0 aromatic carbocycles. The van der Waals surface area contributed by atoms with Crippen LogP contribution in [0.1, 0.15) is 26.1 Å². The molecule has 5 heteroatoms. The van der Waals surface area contributed by atoms with Gasteiger partial charge in [0.05, 0.1) is 0 Å². The van der Waals surface area contributed by atoms with Crippen LogP contribution in [0.5, 0.6) is 0 Å². The summed E-state index contributed by atoms with van der Waals surface area (Å²) in [6.45, 7) is 8.55. The minimum absolute atomic E-state index is 0.362. The Bertz CT molecular complexity index is 388. The molecule has 0 unspecified atom stereocenters. The van der Waals surface area contributed by atoms with Gasteiger partial charge in [-0.25, -0.2) is 9.97 Å². The van der Waals surface area contributed by atoms with Gasteiger partial charge in [-0.3, -0.25) is 0 Å². The molecule has 1 saturated heterocycles. The molecule has 0 radical (unpaired) electrons. The molecular formula is C12H18ClN3S. The monoisotopic (exact) mass is 271 g/mol. The van der Waals surface area contributed by atoms with Crippen molar-refractivity contribution in [3.63, 3.8) is 0 Å². The van der Waals surface area contributed by atoms with Gasteiger partial charge in [0.15, 0.2) is 0 Å². The van der Waals surface area contributed by atoms with Crippen LogP contribution in [-0.2, 0) is 0 Å². The first-order valence-electron chi connectivity index (χ1n) is 5.86. The molecular weight excluding hydrogens is 254 g/mol. The molecule has 0 atom stereocenters. The Morgan fingerprint density at radius 3 is 2.82 bits per heavy atom. The van der Waals surface area contributed by atoms with Crippen molar-refractivity contribution in [2.45, 2.75) is 31.9 Å². The fourth-order valence-corrected chi connectivity index (χ4v) is 3.25. The van der Waals surface area contributed by atoms with E-state index < -0.39 is 0 Å². The Morgan fingerprint density at radius 1 is 1.35 bits per heavy atom. The van der Waals surface area contributed by atoms with E-state index in [0.29, 0.717) is 9.90 Å². The average Bonchev–Trinajstić information content (AvgIpc) is 2.38. The fraction of sp³-hybridized carbons (Fsp3) is 0.667. The van der Waals surface area contributed by atoms with Crippen LogP contribution in [0.2, 0.25) is 5.15 Å². The van der Waals surface area contributed by atoms with Gasteiger partial charge in [0.25, 0.3) is 0 Å². The highest BCUT2D eigenvalue weighted by Crippen LogP contribution is 2.32. The summed E-state index contributed by atoms with van der Waals surface area (Å²) in [6.07, 6.45) is 1.17. The number of anilines is 1. The van der Waals surface area contributed by atoms with Gasteiger partial charge in [0.1, 0.15) is 16.8 Å². The van der Waals surface area contributed by atoms with Crippen LogP contribution in [0.15, 0.2) is 6.07 Å². The maximum Gasteiger partial charge on any atom is 0.134 e. The quantitative estimate of drug-likeness (QED) is 0.734. The van der Waals surface area contributed by atoms with E-state index >= 15 is 0 Å². The van der Waals surface area contributed by atoms with Gasteiger partial charge in [0.2, 0.25) is 0 Å². The minimum Gasteiger partial charge on any atom is -0.356 e. The van der Waals surface area contributed by atoms with Crippen LogP contribution in [-0.4, -0.2) is 33.6 Å². The first-order valence-corrected chi connectivity index (χ1v) is 7.23. The average molecular weight is 272 g/mol. The summed E-state index contributed by atoms with van der Waals surface area (Å²) in [6, 6.07) is 1.86. The summed E-state index contributed by atoms with van der Waals surface area (Å²) in [5.74, 6) is 2.83.